The summed E-state index contributed by atoms with van der Waals surface area (Å²) in [6, 6.07) is 0.388. The Hall–Kier alpha value is -0.450. The van der Waals surface area contributed by atoms with Crippen LogP contribution in [-0.4, -0.2) is 36.1 Å². The van der Waals surface area contributed by atoms with Crippen LogP contribution in [0.2, 0.25) is 0 Å². The highest BCUT2D eigenvalue weighted by Gasteiger charge is 2.11. The van der Waals surface area contributed by atoms with Crippen LogP contribution in [0.3, 0.4) is 0 Å². The number of aromatic nitrogens is 1. The number of hydrogen-bond donors (Lipinski definition) is 1. The summed E-state index contributed by atoms with van der Waals surface area (Å²) >= 11 is 1.67. The van der Waals surface area contributed by atoms with E-state index in [0.29, 0.717) is 6.04 Å². The van der Waals surface area contributed by atoms with Crippen LogP contribution in [0.4, 0.5) is 0 Å². The maximum absolute atomic E-state index is 4.31. The molecule has 3 nitrogen and oxygen atoms in total. The fourth-order valence-electron chi connectivity index (χ4n) is 1.99. The Morgan fingerprint density at radius 3 is 3.00 bits per heavy atom. The van der Waals surface area contributed by atoms with Crippen LogP contribution in [0, 0.1) is 0 Å². The summed E-state index contributed by atoms with van der Waals surface area (Å²) in [5.41, 5.74) is 3.06. The average molecular weight is 225 g/mol. The zero-order valence-corrected chi connectivity index (χ0v) is 10.1. The molecule has 1 aromatic heterocycles. The molecule has 1 aromatic rings. The highest BCUT2D eigenvalue weighted by molar-refractivity contribution is 7.07. The Balaban J connectivity index is 1.65. The first-order valence-corrected chi connectivity index (χ1v) is 6.64. The normalized spacial score (nSPS) is 19.5. The van der Waals surface area contributed by atoms with Gasteiger partial charge in [0.05, 0.1) is 11.2 Å². The second-order valence-electron chi connectivity index (χ2n) is 4.14. The highest BCUT2D eigenvalue weighted by Crippen LogP contribution is 2.11. The van der Waals surface area contributed by atoms with Crippen molar-refractivity contribution in [3.05, 3.63) is 16.6 Å². The Kier molecular flexibility index (Phi) is 4.11. The van der Waals surface area contributed by atoms with E-state index >= 15 is 0 Å². The van der Waals surface area contributed by atoms with Crippen molar-refractivity contribution in [2.45, 2.75) is 25.8 Å². The third kappa shape index (κ3) is 3.26. The molecule has 0 radical (unpaired) electrons. The first-order chi connectivity index (χ1) is 7.36. The molecule has 1 atom stereocenters. The lowest BCUT2D eigenvalue weighted by atomic mass is 10.2. The van der Waals surface area contributed by atoms with Gasteiger partial charge in [0.1, 0.15) is 0 Å². The number of nitrogens with zero attached hydrogens (tertiary/aromatic N) is 2. The molecule has 2 heterocycles. The van der Waals surface area contributed by atoms with Crippen LogP contribution in [0.1, 0.15) is 31.5 Å². The highest BCUT2D eigenvalue weighted by atomic mass is 32.1. The van der Waals surface area contributed by atoms with Crippen molar-refractivity contribution in [2.24, 2.45) is 0 Å². The molecule has 4 heteroatoms. The number of rotatable bonds is 5. The monoisotopic (exact) mass is 225 g/mol. The van der Waals surface area contributed by atoms with Crippen molar-refractivity contribution >= 4 is 11.3 Å². The largest absolute Gasteiger partial charge is 0.308 e. The lowest BCUT2D eigenvalue weighted by Gasteiger charge is -2.17. The SMILES string of the molecule is CC(NCCN1CCCC1)c1cscn1. The first-order valence-electron chi connectivity index (χ1n) is 5.70. The molecule has 1 unspecified atom stereocenters. The van der Waals surface area contributed by atoms with Crippen LogP contribution in [0.25, 0.3) is 0 Å². The predicted molar refractivity (Wildman–Crippen MR) is 64.2 cm³/mol. The topological polar surface area (TPSA) is 28.2 Å². The Bertz CT molecular complexity index is 267. The van der Waals surface area contributed by atoms with Gasteiger partial charge in [0.2, 0.25) is 0 Å². The summed E-state index contributed by atoms with van der Waals surface area (Å²) in [7, 11) is 0. The number of nitrogens with one attached hydrogen (secondary N) is 1. The summed E-state index contributed by atoms with van der Waals surface area (Å²) in [6.45, 7) is 6.99. The lowest BCUT2D eigenvalue weighted by molar-refractivity contribution is 0.329. The van der Waals surface area contributed by atoms with E-state index in [4.69, 9.17) is 0 Å². The van der Waals surface area contributed by atoms with Gasteiger partial charge in [0.25, 0.3) is 0 Å². The van der Waals surface area contributed by atoms with Crippen molar-refractivity contribution in [2.75, 3.05) is 26.2 Å². The van der Waals surface area contributed by atoms with Crippen molar-refractivity contribution in [1.29, 1.82) is 0 Å². The molecule has 0 spiro atoms. The molecule has 15 heavy (non-hydrogen) atoms. The van der Waals surface area contributed by atoms with Crippen LogP contribution < -0.4 is 5.32 Å². The Morgan fingerprint density at radius 1 is 1.53 bits per heavy atom. The molecule has 1 aliphatic heterocycles. The van der Waals surface area contributed by atoms with E-state index in [2.05, 4.69) is 27.5 Å². The van der Waals surface area contributed by atoms with Gasteiger partial charge >= 0.3 is 0 Å². The van der Waals surface area contributed by atoms with Gasteiger partial charge in [-0.15, -0.1) is 11.3 Å². The van der Waals surface area contributed by atoms with Gasteiger partial charge in [0.15, 0.2) is 0 Å². The van der Waals surface area contributed by atoms with Crippen molar-refractivity contribution in [3.8, 4) is 0 Å². The van der Waals surface area contributed by atoms with E-state index in [1.54, 1.807) is 11.3 Å². The molecule has 1 fully saturated rings. The zero-order chi connectivity index (χ0) is 10.5. The minimum absolute atomic E-state index is 0.388. The molecular weight excluding hydrogens is 206 g/mol. The molecule has 1 saturated heterocycles. The van der Waals surface area contributed by atoms with Crippen molar-refractivity contribution in [3.63, 3.8) is 0 Å². The molecule has 84 valence electrons. The van der Waals surface area contributed by atoms with Crippen LogP contribution in [0.5, 0.6) is 0 Å². The van der Waals surface area contributed by atoms with E-state index in [-0.39, 0.29) is 0 Å². The number of hydrogen-bond acceptors (Lipinski definition) is 4. The van der Waals surface area contributed by atoms with E-state index < -0.39 is 0 Å². The van der Waals surface area contributed by atoms with Gasteiger partial charge in [-0.25, -0.2) is 4.98 Å². The van der Waals surface area contributed by atoms with Gasteiger partial charge in [-0.1, -0.05) is 0 Å². The van der Waals surface area contributed by atoms with Crippen LogP contribution in [-0.2, 0) is 0 Å². The van der Waals surface area contributed by atoms with E-state index in [0.717, 1.165) is 6.54 Å². The third-order valence-electron chi connectivity index (χ3n) is 2.97. The summed E-state index contributed by atoms with van der Waals surface area (Å²) in [5, 5.41) is 5.63. The molecular formula is C11H19N3S. The van der Waals surface area contributed by atoms with E-state index in [1.165, 1.54) is 38.2 Å². The fraction of sp³-hybridized carbons (Fsp3) is 0.727. The molecule has 0 bridgehead atoms. The summed E-state index contributed by atoms with van der Waals surface area (Å²) in [4.78, 5) is 6.84. The maximum atomic E-state index is 4.31. The summed E-state index contributed by atoms with van der Waals surface area (Å²) in [5.74, 6) is 0. The van der Waals surface area contributed by atoms with E-state index in [1.807, 2.05) is 5.51 Å². The molecule has 0 aromatic carbocycles. The van der Waals surface area contributed by atoms with Crippen molar-refractivity contribution in [1.82, 2.24) is 15.2 Å². The second kappa shape index (κ2) is 5.58. The number of thiazole rings is 1. The molecule has 0 saturated carbocycles. The Morgan fingerprint density at radius 2 is 2.33 bits per heavy atom. The molecule has 0 amide bonds. The fourth-order valence-corrected chi connectivity index (χ4v) is 2.63. The summed E-state index contributed by atoms with van der Waals surface area (Å²) < 4.78 is 0. The quantitative estimate of drug-likeness (QED) is 0.829. The van der Waals surface area contributed by atoms with E-state index in [9.17, 15) is 0 Å². The Labute approximate surface area is 95.5 Å². The molecule has 2 rings (SSSR count). The van der Waals surface area contributed by atoms with Gasteiger partial charge in [-0.3, -0.25) is 0 Å². The second-order valence-corrected chi connectivity index (χ2v) is 4.86. The van der Waals surface area contributed by atoms with Gasteiger partial charge < -0.3 is 10.2 Å². The minimum atomic E-state index is 0.388. The minimum Gasteiger partial charge on any atom is -0.308 e. The first kappa shape index (κ1) is 11.0. The predicted octanol–water partition coefficient (Wildman–Crippen LogP) is 1.89. The maximum Gasteiger partial charge on any atom is 0.0795 e. The lowest BCUT2D eigenvalue weighted by Crippen LogP contribution is -2.31. The third-order valence-corrected chi connectivity index (χ3v) is 3.58. The number of likely N-dealkylation sites (tertiary alicyclic amines) is 1. The average Bonchev–Trinajstić information content (AvgIpc) is 2.90. The van der Waals surface area contributed by atoms with Gasteiger partial charge in [0, 0.05) is 24.5 Å². The van der Waals surface area contributed by atoms with Crippen molar-refractivity contribution < 1.29 is 0 Å². The molecule has 1 N–H and O–H groups in total. The molecule has 0 aliphatic carbocycles. The van der Waals surface area contributed by atoms with Gasteiger partial charge in [-0.05, 0) is 32.9 Å². The smallest absolute Gasteiger partial charge is 0.0795 e. The van der Waals surface area contributed by atoms with Crippen LogP contribution in [0.15, 0.2) is 10.9 Å². The summed E-state index contributed by atoms with van der Waals surface area (Å²) in [6.07, 6.45) is 2.75. The van der Waals surface area contributed by atoms with Gasteiger partial charge in [-0.2, -0.15) is 0 Å². The van der Waals surface area contributed by atoms with Crippen LogP contribution >= 0.6 is 11.3 Å². The zero-order valence-electron chi connectivity index (χ0n) is 9.28. The molecule has 1 aliphatic rings. The standard InChI is InChI=1S/C11H19N3S/c1-10(11-8-15-9-13-11)12-4-7-14-5-2-3-6-14/h8-10,12H,2-7H2,1H3.